The summed E-state index contributed by atoms with van der Waals surface area (Å²) in [7, 11) is 0. The van der Waals surface area contributed by atoms with Gasteiger partial charge in [-0.2, -0.15) is 5.26 Å². The van der Waals surface area contributed by atoms with Crippen molar-refractivity contribution in [3.05, 3.63) is 46.7 Å². The van der Waals surface area contributed by atoms with Crippen molar-refractivity contribution in [1.82, 2.24) is 10.6 Å². The fourth-order valence-electron chi connectivity index (χ4n) is 3.43. The number of allylic oxidation sites excluding steroid dienone is 6. The number of nitriles is 1. The molecule has 0 aromatic rings. The van der Waals surface area contributed by atoms with Gasteiger partial charge in [0.05, 0.1) is 6.07 Å². The van der Waals surface area contributed by atoms with Gasteiger partial charge in [-0.1, -0.05) is 24.3 Å². The first kappa shape index (κ1) is 13.1. The minimum Gasteiger partial charge on any atom is -0.357 e. The lowest BCUT2D eigenvalue weighted by Crippen LogP contribution is -2.59. The quantitative estimate of drug-likeness (QED) is 0.510. The number of fused-ring (bicyclic) bond motifs is 2. The monoisotopic (exact) mass is 269 g/mol. The summed E-state index contributed by atoms with van der Waals surface area (Å²) in [5.74, 6) is 0.465. The average Bonchev–Trinajstić information content (AvgIpc) is 2.79. The van der Waals surface area contributed by atoms with E-state index in [0.717, 1.165) is 16.8 Å². The molecule has 4 unspecified atom stereocenters. The third-order valence-electron chi connectivity index (χ3n) is 4.25. The first-order chi connectivity index (χ1) is 9.67. The van der Waals surface area contributed by atoms with Crippen LogP contribution in [0.15, 0.2) is 46.7 Å². The van der Waals surface area contributed by atoms with E-state index in [0.29, 0.717) is 6.54 Å². The Morgan fingerprint density at radius 3 is 2.70 bits per heavy atom. The van der Waals surface area contributed by atoms with Gasteiger partial charge in [0, 0.05) is 35.7 Å². The molecule has 104 valence electrons. The van der Waals surface area contributed by atoms with E-state index in [2.05, 4.69) is 34.9 Å². The molecule has 1 heterocycles. The number of rotatable bonds is 1. The van der Waals surface area contributed by atoms with Crippen LogP contribution in [0.1, 0.15) is 6.92 Å². The Balaban J connectivity index is 2.17. The van der Waals surface area contributed by atoms with E-state index >= 15 is 0 Å². The second-order valence-corrected chi connectivity index (χ2v) is 5.38. The summed E-state index contributed by atoms with van der Waals surface area (Å²) in [6, 6.07) is 2.33. The van der Waals surface area contributed by atoms with Crippen molar-refractivity contribution in [2.45, 2.75) is 19.3 Å². The fourth-order valence-corrected chi connectivity index (χ4v) is 3.43. The first-order valence-electron chi connectivity index (χ1n) is 6.86. The van der Waals surface area contributed by atoms with Crippen LogP contribution in [0.3, 0.4) is 0 Å². The summed E-state index contributed by atoms with van der Waals surface area (Å²) in [5, 5.41) is 15.8. The zero-order valence-corrected chi connectivity index (χ0v) is 11.4. The highest BCUT2D eigenvalue weighted by Crippen LogP contribution is 2.46. The lowest BCUT2D eigenvalue weighted by Gasteiger charge is -2.33. The van der Waals surface area contributed by atoms with Crippen molar-refractivity contribution in [3.63, 3.8) is 0 Å². The van der Waals surface area contributed by atoms with E-state index in [9.17, 15) is 5.26 Å². The van der Waals surface area contributed by atoms with Crippen LogP contribution in [0.5, 0.6) is 0 Å². The first-order valence-corrected chi connectivity index (χ1v) is 6.86. The van der Waals surface area contributed by atoms with Gasteiger partial charge in [0.2, 0.25) is 0 Å². The molecular formula is C15H19N5. The Kier molecular flexibility index (Phi) is 3.22. The van der Waals surface area contributed by atoms with Gasteiger partial charge in [-0.25, -0.2) is 0 Å². The predicted molar refractivity (Wildman–Crippen MR) is 77.7 cm³/mol. The molecule has 0 aromatic carbocycles. The van der Waals surface area contributed by atoms with Gasteiger partial charge in [-0.05, 0) is 18.1 Å². The average molecular weight is 269 g/mol. The van der Waals surface area contributed by atoms with Gasteiger partial charge in [0.1, 0.15) is 6.29 Å². The van der Waals surface area contributed by atoms with Crippen molar-refractivity contribution < 1.29 is 0 Å². The molecule has 3 aliphatic rings. The summed E-state index contributed by atoms with van der Waals surface area (Å²) in [6.45, 7) is 2.36. The lowest BCUT2D eigenvalue weighted by atomic mass is 9.82. The molecule has 0 aromatic heterocycles. The molecule has 5 heteroatoms. The second-order valence-electron chi connectivity index (χ2n) is 5.38. The van der Waals surface area contributed by atoms with Gasteiger partial charge in [-0.15, -0.1) is 0 Å². The standard InChI is InChI=1S/C15H19N5/c1-8(6-16)12-9-4-2-3-5-10(9)13-11(7-17)19-15(18)20-14(12)13/h2-5,9-11,15,19-20H,7,17-18H2,1H3/b12-8+. The summed E-state index contributed by atoms with van der Waals surface area (Å²) in [5.41, 5.74) is 15.9. The van der Waals surface area contributed by atoms with Gasteiger partial charge in [0.25, 0.3) is 0 Å². The minimum atomic E-state index is -0.336. The zero-order valence-electron chi connectivity index (χ0n) is 11.4. The Morgan fingerprint density at radius 1 is 1.35 bits per heavy atom. The normalized spacial score (nSPS) is 37.1. The van der Waals surface area contributed by atoms with Crippen LogP contribution in [0.25, 0.3) is 0 Å². The lowest BCUT2D eigenvalue weighted by molar-refractivity contribution is 0.390. The highest BCUT2D eigenvalue weighted by Gasteiger charge is 2.43. The van der Waals surface area contributed by atoms with Crippen LogP contribution in [0, 0.1) is 23.2 Å². The number of hydrogen-bond donors (Lipinski definition) is 4. The van der Waals surface area contributed by atoms with Crippen molar-refractivity contribution in [2.75, 3.05) is 6.54 Å². The molecule has 0 spiro atoms. The molecule has 0 fully saturated rings. The summed E-state index contributed by atoms with van der Waals surface area (Å²) < 4.78 is 0. The topological polar surface area (TPSA) is 99.9 Å². The highest BCUT2D eigenvalue weighted by molar-refractivity contribution is 5.56. The zero-order chi connectivity index (χ0) is 14.3. The summed E-state index contributed by atoms with van der Waals surface area (Å²) >= 11 is 0. The number of nitrogens with zero attached hydrogens (tertiary/aromatic N) is 1. The minimum absolute atomic E-state index is 0.0499. The SMILES string of the molecule is C/C(C#N)=C1\C2=C(C(CN)NC(N)N2)C2C=CC=CC12. The molecule has 6 N–H and O–H groups in total. The molecule has 3 rings (SSSR count). The van der Waals surface area contributed by atoms with Gasteiger partial charge < -0.3 is 11.1 Å². The Labute approximate surface area is 118 Å². The number of nitrogens with two attached hydrogens (primary N) is 2. The maximum Gasteiger partial charge on any atom is 0.130 e. The van der Waals surface area contributed by atoms with E-state index in [-0.39, 0.29) is 24.2 Å². The van der Waals surface area contributed by atoms with Crippen molar-refractivity contribution in [1.29, 1.82) is 5.26 Å². The Hall–Kier alpha value is -1.87. The third-order valence-corrected chi connectivity index (χ3v) is 4.25. The van der Waals surface area contributed by atoms with Crippen LogP contribution in [0.4, 0.5) is 0 Å². The van der Waals surface area contributed by atoms with Crippen LogP contribution in [0.2, 0.25) is 0 Å². The molecule has 4 atom stereocenters. The van der Waals surface area contributed by atoms with Crippen LogP contribution >= 0.6 is 0 Å². The molecule has 0 saturated carbocycles. The van der Waals surface area contributed by atoms with E-state index in [1.807, 2.05) is 13.0 Å². The molecular weight excluding hydrogens is 250 g/mol. The third kappa shape index (κ3) is 1.81. The highest BCUT2D eigenvalue weighted by atomic mass is 15.3. The predicted octanol–water partition coefficient (Wildman–Crippen LogP) is 0.215. The summed E-state index contributed by atoms with van der Waals surface area (Å²) in [6.07, 6.45) is 8.09. The Morgan fingerprint density at radius 2 is 2.05 bits per heavy atom. The fraction of sp³-hybridized carbons (Fsp3) is 0.400. The maximum absolute atomic E-state index is 9.29. The van der Waals surface area contributed by atoms with Crippen molar-refractivity contribution in [3.8, 4) is 6.07 Å². The van der Waals surface area contributed by atoms with Gasteiger partial charge in [-0.3, -0.25) is 11.1 Å². The second kappa shape index (κ2) is 4.91. The van der Waals surface area contributed by atoms with Crippen molar-refractivity contribution in [2.24, 2.45) is 23.3 Å². The molecule has 1 aliphatic heterocycles. The maximum atomic E-state index is 9.29. The van der Waals surface area contributed by atoms with E-state index < -0.39 is 0 Å². The largest absolute Gasteiger partial charge is 0.357 e. The van der Waals surface area contributed by atoms with Crippen LogP contribution in [-0.2, 0) is 0 Å². The number of hydrogen-bond acceptors (Lipinski definition) is 5. The van der Waals surface area contributed by atoms with Gasteiger partial charge in [0.15, 0.2) is 0 Å². The molecule has 0 radical (unpaired) electrons. The molecule has 0 saturated heterocycles. The molecule has 2 aliphatic carbocycles. The molecule has 20 heavy (non-hydrogen) atoms. The van der Waals surface area contributed by atoms with Crippen molar-refractivity contribution >= 4 is 0 Å². The van der Waals surface area contributed by atoms with E-state index in [1.54, 1.807) is 0 Å². The van der Waals surface area contributed by atoms with E-state index in [4.69, 9.17) is 11.5 Å². The molecule has 0 bridgehead atoms. The molecule has 5 nitrogen and oxygen atoms in total. The number of nitrogens with one attached hydrogen (secondary N) is 2. The smallest absolute Gasteiger partial charge is 0.130 e. The molecule has 0 amide bonds. The summed E-state index contributed by atoms with van der Waals surface area (Å²) in [4.78, 5) is 0. The Bertz CT molecular complexity index is 590. The van der Waals surface area contributed by atoms with Crippen LogP contribution in [-0.4, -0.2) is 18.9 Å². The van der Waals surface area contributed by atoms with Gasteiger partial charge >= 0.3 is 0 Å². The van der Waals surface area contributed by atoms with E-state index in [1.165, 1.54) is 5.57 Å². The van der Waals surface area contributed by atoms with Crippen LogP contribution < -0.4 is 22.1 Å².